The van der Waals surface area contributed by atoms with Crippen LogP contribution in [0, 0.1) is 11.8 Å². The summed E-state index contributed by atoms with van der Waals surface area (Å²) in [4.78, 5) is 9.30. The molecule has 2 fully saturated rings. The quantitative estimate of drug-likeness (QED) is 0.336. The van der Waals surface area contributed by atoms with Crippen LogP contribution in [0.25, 0.3) is 0 Å². The molecule has 0 aromatic carbocycles. The van der Waals surface area contributed by atoms with Gasteiger partial charge in [-0.2, -0.15) is 0 Å². The third-order valence-electron chi connectivity index (χ3n) is 5.70. The number of nitrogens with one attached hydrogen (secondary N) is 2. The number of hydrogen-bond donors (Lipinski definition) is 2. The van der Waals surface area contributed by atoms with E-state index < -0.39 is 0 Å². The highest BCUT2D eigenvalue weighted by atomic mass is 127. The van der Waals surface area contributed by atoms with E-state index in [-0.39, 0.29) is 24.0 Å². The Morgan fingerprint density at radius 2 is 2.33 bits per heavy atom. The molecule has 148 valence electrons. The number of nitrogens with zero attached hydrogens (tertiary/aromatic N) is 2. The number of aliphatic imine (C=N–C) groups is 1. The number of halogens is 1. The van der Waals surface area contributed by atoms with Gasteiger partial charge in [-0.3, -0.25) is 4.99 Å². The molecule has 7 heteroatoms. The van der Waals surface area contributed by atoms with Gasteiger partial charge < -0.3 is 15.1 Å². The summed E-state index contributed by atoms with van der Waals surface area (Å²) in [6, 6.07) is 4.54. The monoisotopic (exact) mass is 500 g/mol. The summed E-state index contributed by atoms with van der Waals surface area (Å²) in [6.07, 6.45) is 9.95. The average molecular weight is 500 g/mol. The van der Waals surface area contributed by atoms with Crippen LogP contribution in [-0.2, 0) is 6.42 Å². The van der Waals surface area contributed by atoms with Crippen molar-refractivity contribution in [1.82, 2.24) is 15.6 Å². The number of thiazole rings is 1. The molecule has 0 spiro atoms. The number of guanidine groups is 1. The molecule has 4 unspecified atom stereocenters. The summed E-state index contributed by atoms with van der Waals surface area (Å²) in [5.41, 5.74) is 0. The maximum atomic E-state index is 5.43. The number of fused-ring (bicyclic) bond motifs is 2. The van der Waals surface area contributed by atoms with E-state index in [1.165, 1.54) is 25.7 Å². The van der Waals surface area contributed by atoms with Crippen molar-refractivity contribution >= 4 is 41.3 Å². The van der Waals surface area contributed by atoms with Crippen LogP contribution in [0.2, 0.25) is 0 Å². The Kier molecular flexibility index (Phi) is 7.57. The molecule has 2 aliphatic carbocycles. The van der Waals surface area contributed by atoms with Crippen molar-refractivity contribution in [3.05, 3.63) is 40.7 Å². The SMILES string of the molecule is CC(CN=C(NCCc1ccco1)NC1CC2CCC1C2)c1nccs1.I. The van der Waals surface area contributed by atoms with Crippen LogP contribution in [-0.4, -0.2) is 30.1 Å². The van der Waals surface area contributed by atoms with E-state index in [1.807, 2.05) is 23.7 Å². The van der Waals surface area contributed by atoms with Crippen LogP contribution < -0.4 is 10.6 Å². The standard InChI is InChI=1S/C20H28N4OS.HI/c1-14(19-21-8-10-26-19)13-23-20(22-7-6-17-3-2-9-25-17)24-18-12-15-4-5-16(18)11-15;/h2-3,8-10,14-16,18H,4-7,11-13H2,1H3,(H2,22,23,24);1H. The third-order valence-corrected chi connectivity index (χ3v) is 6.71. The van der Waals surface area contributed by atoms with Crippen LogP contribution in [0.4, 0.5) is 0 Å². The van der Waals surface area contributed by atoms with Gasteiger partial charge in [-0.15, -0.1) is 35.3 Å². The fourth-order valence-corrected chi connectivity index (χ4v) is 4.98. The Morgan fingerprint density at radius 1 is 1.41 bits per heavy atom. The maximum absolute atomic E-state index is 5.43. The molecule has 2 aliphatic rings. The average Bonchev–Trinajstić information content (AvgIpc) is 3.44. The molecular formula is C20H29IN4OS. The molecule has 2 N–H and O–H groups in total. The van der Waals surface area contributed by atoms with E-state index in [4.69, 9.17) is 9.41 Å². The van der Waals surface area contributed by atoms with Crippen LogP contribution in [0.1, 0.15) is 49.3 Å². The fraction of sp³-hybridized carbons (Fsp3) is 0.600. The number of furan rings is 1. The molecule has 5 nitrogen and oxygen atoms in total. The van der Waals surface area contributed by atoms with E-state index in [9.17, 15) is 0 Å². The minimum Gasteiger partial charge on any atom is -0.469 e. The second-order valence-electron chi connectivity index (χ2n) is 7.64. The van der Waals surface area contributed by atoms with Crippen molar-refractivity contribution in [2.45, 2.75) is 51.0 Å². The van der Waals surface area contributed by atoms with Crippen LogP contribution >= 0.6 is 35.3 Å². The largest absolute Gasteiger partial charge is 0.469 e. The molecule has 4 rings (SSSR count). The van der Waals surface area contributed by atoms with Gasteiger partial charge in [-0.1, -0.05) is 13.3 Å². The van der Waals surface area contributed by atoms with Gasteiger partial charge in [0.25, 0.3) is 0 Å². The van der Waals surface area contributed by atoms with Crippen molar-refractivity contribution in [3.8, 4) is 0 Å². The Labute approximate surface area is 182 Å². The first kappa shape index (κ1) is 20.6. The summed E-state index contributed by atoms with van der Waals surface area (Å²) in [7, 11) is 0. The second-order valence-corrected chi connectivity index (χ2v) is 8.57. The molecule has 4 atom stereocenters. The summed E-state index contributed by atoms with van der Waals surface area (Å²) in [5.74, 6) is 4.05. The van der Waals surface area contributed by atoms with Gasteiger partial charge in [0.15, 0.2) is 5.96 Å². The normalized spacial score (nSPS) is 25.2. The summed E-state index contributed by atoms with van der Waals surface area (Å²) < 4.78 is 5.43. The Balaban J connectivity index is 0.00000210. The lowest BCUT2D eigenvalue weighted by atomic mass is 9.95. The van der Waals surface area contributed by atoms with Gasteiger partial charge in [-0.25, -0.2) is 4.98 Å². The second kappa shape index (κ2) is 9.91. The molecule has 2 heterocycles. The number of hydrogen-bond acceptors (Lipinski definition) is 4. The van der Waals surface area contributed by atoms with Gasteiger partial charge in [0.1, 0.15) is 5.76 Å². The van der Waals surface area contributed by atoms with E-state index in [0.717, 1.165) is 48.1 Å². The Morgan fingerprint density at radius 3 is 3.00 bits per heavy atom. The molecule has 27 heavy (non-hydrogen) atoms. The van der Waals surface area contributed by atoms with Gasteiger partial charge in [-0.05, 0) is 43.2 Å². The van der Waals surface area contributed by atoms with Crippen molar-refractivity contribution in [3.63, 3.8) is 0 Å². The molecule has 0 saturated heterocycles. The lowest BCUT2D eigenvalue weighted by Crippen LogP contribution is -2.46. The lowest BCUT2D eigenvalue weighted by molar-refractivity contribution is 0.387. The van der Waals surface area contributed by atoms with Crippen molar-refractivity contribution in [2.75, 3.05) is 13.1 Å². The highest BCUT2D eigenvalue weighted by Crippen LogP contribution is 2.44. The van der Waals surface area contributed by atoms with Crippen LogP contribution in [0.3, 0.4) is 0 Å². The molecule has 0 amide bonds. The summed E-state index contributed by atoms with van der Waals surface area (Å²) >= 11 is 1.71. The predicted molar refractivity (Wildman–Crippen MR) is 121 cm³/mol. The van der Waals surface area contributed by atoms with Crippen molar-refractivity contribution < 1.29 is 4.42 Å². The zero-order valence-electron chi connectivity index (χ0n) is 15.8. The maximum Gasteiger partial charge on any atom is 0.191 e. The molecule has 2 aromatic heterocycles. The summed E-state index contributed by atoms with van der Waals surface area (Å²) in [6.45, 7) is 3.77. The minimum absolute atomic E-state index is 0. The fourth-order valence-electron chi connectivity index (χ4n) is 4.29. The van der Waals surface area contributed by atoms with Crippen molar-refractivity contribution in [1.29, 1.82) is 0 Å². The first-order valence-corrected chi connectivity index (χ1v) is 10.6. The van der Waals surface area contributed by atoms with Crippen molar-refractivity contribution in [2.24, 2.45) is 16.8 Å². The molecular weight excluding hydrogens is 471 g/mol. The molecule has 2 bridgehead atoms. The Hall–Kier alpha value is -1.09. The van der Waals surface area contributed by atoms with Gasteiger partial charge in [0, 0.05) is 36.5 Å². The first-order valence-electron chi connectivity index (χ1n) is 9.74. The smallest absolute Gasteiger partial charge is 0.191 e. The summed E-state index contributed by atoms with van der Waals surface area (Å²) in [5, 5.41) is 10.4. The number of rotatable bonds is 7. The van der Waals surface area contributed by atoms with Gasteiger partial charge in [0.05, 0.1) is 17.8 Å². The highest BCUT2D eigenvalue weighted by Gasteiger charge is 2.39. The van der Waals surface area contributed by atoms with Crippen LogP contribution in [0.15, 0.2) is 39.4 Å². The first-order chi connectivity index (χ1) is 12.8. The topological polar surface area (TPSA) is 62.5 Å². The zero-order valence-corrected chi connectivity index (χ0v) is 18.9. The number of aromatic nitrogens is 1. The van der Waals surface area contributed by atoms with E-state index in [1.54, 1.807) is 17.6 Å². The third kappa shape index (κ3) is 5.47. The molecule has 2 aromatic rings. The molecule has 0 radical (unpaired) electrons. The van der Waals surface area contributed by atoms with Crippen LogP contribution in [0.5, 0.6) is 0 Å². The molecule has 0 aliphatic heterocycles. The Bertz CT molecular complexity index is 704. The lowest BCUT2D eigenvalue weighted by Gasteiger charge is -2.25. The highest BCUT2D eigenvalue weighted by molar-refractivity contribution is 14.0. The van der Waals surface area contributed by atoms with E-state index >= 15 is 0 Å². The van der Waals surface area contributed by atoms with E-state index in [2.05, 4.69) is 22.5 Å². The molecule has 2 saturated carbocycles. The predicted octanol–water partition coefficient (Wildman–Crippen LogP) is 4.42. The van der Waals surface area contributed by atoms with Gasteiger partial charge in [0.2, 0.25) is 0 Å². The van der Waals surface area contributed by atoms with E-state index in [0.29, 0.717) is 12.0 Å². The van der Waals surface area contributed by atoms with Gasteiger partial charge >= 0.3 is 0 Å². The zero-order chi connectivity index (χ0) is 17.8. The minimum atomic E-state index is 0.